The molecule has 1 nitrogen and oxygen atoms in total. The van der Waals surface area contributed by atoms with Gasteiger partial charge in [-0.15, -0.1) is 24.0 Å². The molecule has 1 N–H and O–H groups in total. The average molecular weight is 218 g/mol. The molecule has 1 rings (SSSR count). The van der Waals surface area contributed by atoms with Crippen LogP contribution in [-0.4, -0.2) is 5.11 Å². The van der Waals surface area contributed by atoms with E-state index >= 15 is 0 Å². The van der Waals surface area contributed by atoms with E-state index in [4.69, 9.17) is 0 Å². The van der Waals surface area contributed by atoms with Crippen molar-refractivity contribution < 1.29 is 5.11 Å². The van der Waals surface area contributed by atoms with Gasteiger partial charge in [-0.1, -0.05) is 20.3 Å². The highest BCUT2D eigenvalue weighted by Crippen LogP contribution is 2.26. The predicted octanol–water partition coefficient (Wildman–Crippen LogP) is 3.68. The standard InChI is InChI=1S/C7H10OS2.C3H8/c1-7(2,8)5-3-6(9)10-4-5;1-3-2/h3-4,8-9H,1-2H3;3H2,1-2H3. The first-order chi connectivity index (χ1) is 5.91. The molecule has 0 unspecified atom stereocenters. The fraction of sp³-hybridized carbons (Fsp3) is 0.600. The SMILES string of the molecule is CC(C)(O)c1csc(S)c1.CCC. The Kier molecular flexibility index (Phi) is 5.68. The van der Waals surface area contributed by atoms with Crippen molar-refractivity contribution in [3.05, 3.63) is 17.0 Å². The van der Waals surface area contributed by atoms with E-state index < -0.39 is 5.60 Å². The van der Waals surface area contributed by atoms with Crippen molar-refractivity contribution in [3.63, 3.8) is 0 Å². The van der Waals surface area contributed by atoms with Crippen molar-refractivity contribution in [3.8, 4) is 0 Å². The highest BCUT2D eigenvalue weighted by Gasteiger charge is 2.16. The molecule has 0 saturated carbocycles. The summed E-state index contributed by atoms with van der Waals surface area (Å²) in [5, 5.41) is 11.4. The Hall–Kier alpha value is 0.01000. The normalized spacial score (nSPS) is 10.6. The molecule has 3 heteroatoms. The molecule has 1 aromatic heterocycles. The molecule has 0 amide bonds. The second kappa shape index (κ2) is 5.68. The molecule has 76 valence electrons. The van der Waals surface area contributed by atoms with Crippen molar-refractivity contribution in [1.82, 2.24) is 0 Å². The molecule has 0 radical (unpaired) electrons. The van der Waals surface area contributed by atoms with Crippen LogP contribution in [-0.2, 0) is 5.60 Å². The van der Waals surface area contributed by atoms with Gasteiger partial charge in [0.15, 0.2) is 0 Å². The zero-order valence-corrected chi connectivity index (χ0v) is 10.4. The van der Waals surface area contributed by atoms with Gasteiger partial charge in [0.05, 0.1) is 9.81 Å². The quantitative estimate of drug-likeness (QED) is 0.689. The molecule has 0 spiro atoms. The van der Waals surface area contributed by atoms with Crippen LogP contribution in [0.5, 0.6) is 0 Å². The summed E-state index contributed by atoms with van der Waals surface area (Å²) in [6, 6.07) is 1.88. The van der Waals surface area contributed by atoms with Gasteiger partial charge in [0.25, 0.3) is 0 Å². The largest absolute Gasteiger partial charge is 0.386 e. The van der Waals surface area contributed by atoms with Gasteiger partial charge < -0.3 is 5.11 Å². The molecule has 0 aliphatic heterocycles. The summed E-state index contributed by atoms with van der Waals surface area (Å²) in [6.07, 6.45) is 1.25. The molecular weight excluding hydrogens is 200 g/mol. The molecule has 0 aliphatic rings. The summed E-state index contributed by atoms with van der Waals surface area (Å²) >= 11 is 5.68. The molecule has 0 aromatic carbocycles. The summed E-state index contributed by atoms with van der Waals surface area (Å²) in [4.78, 5) is 0. The zero-order valence-electron chi connectivity index (χ0n) is 8.66. The lowest BCUT2D eigenvalue weighted by Crippen LogP contribution is -2.13. The summed E-state index contributed by atoms with van der Waals surface area (Å²) in [7, 11) is 0. The van der Waals surface area contributed by atoms with Crippen molar-refractivity contribution in [2.75, 3.05) is 0 Å². The van der Waals surface area contributed by atoms with Gasteiger partial charge >= 0.3 is 0 Å². The molecule has 0 atom stereocenters. The minimum atomic E-state index is -0.725. The Morgan fingerprint density at radius 1 is 1.46 bits per heavy atom. The molecule has 0 fully saturated rings. The minimum Gasteiger partial charge on any atom is -0.386 e. The summed E-state index contributed by atoms with van der Waals surface area (Å²) in [5.74, 6) is 0. The minimum absolute atomic E-state index is 0.725. The number of hydrogen-bond acceptors (Lipinski definition) is 3. The van der Waals surface area contributed by atoms with Gasteiger partial charge in [0, 0.05) is 0 Å². The lowest BCUT2D eigenvalue weighted by molar-refractivity contribution is 0.0789. The van der Waals surface area contributed by atoms with Crippen LogP contribution >= 0.6 is 24.0 Å². The highest BCUT2D eigenvalue weighted by atomic mass is 32.2. The van der Waals surface area contributed by atoms with E-state index in [0.717, 1.165) is 9.77 Å². The van der Waals surface area contributed by atoms with Gasteiger partial charge in [-0.25, -0.2) is 0 Å². The molecule has 1 aromatic rings. The maximum atomic E-state index is 9.48. The van der Waals surface area contributed by atoms with E-state index in [-0.39, 0.29) is 0 Å². The van der Waals surface area contributed by atoms with Gasteiger partial charge in [-0.3, -0.25) is 0 Å². The molecule has 0 bridgehead atoms. The Morgan fingerprint density at radius 3 is 2.08 bits per heavy atom. The van der Waals surface area contributed by atoms with Crippen molar-refractivity contribution in [2.24, 2.45) is 0 Å². The van der Waals surface area contributed by atoms with Crippen LogP contribution in [0.3, 0.4) is 0 Å². The lowest BCUT2D eigenvalue weighted by atomic mass is 10.0. The topological polar surface area (TPSA) is 20.2 Å². The van der Waals surface area contributed by atoms with Crippen molar-refractivity contribution in [2.45, 2.75) is 43.9 Å². The predicted molar refractivity (Wildman–Crippen MR) is 62.8 cm³/mol. The highest BCUT2D eigenvalue weighted by molar-refractivity contribution is 7.82. The van der Waals surface area contributed by atoms with Crippen molar-refractivity contribution >= 4 is 24.0 Å². The monoisotopic (exact) mass is 218 g/mol. The lowest BCUT2D eigenvalue weighted by Gasteiger charge is -2.14. The molecule has 1 heterocycles. The smallest absolute Gasteiger partial charge is 0.0848 e. The van der Waals surface area contributed by atoms with Gasteiger partial charge in [-0.2, -0.15) is 0 Å². The first-order valence-corrected chi connectivity index (χ1v) is 5.74. The van der Waals surface area contributed by atoms with Crippen LogP contribution in [0.2, 0.25) is 0 Å². The zero-order chi connectivity index (χ0) is 10.5. The van der Waals surface area contributed by atoms with E-state index in [1.807, 2.05) is 11.4 Å². The van der Waals surface area contributed by atoms with Crippen LogP contribution in [0, 0.1) is 0 Å². The fourth-order valence-electron chi connectivity index (χ4n) is 0.646. The Morgan fingerprint density at radius 2 is 1.92 bits per heavy atom. The first kappa shape index (κ1) is 13.0. The molecule has 0 aliphatic carbocycles. The maximum absolute atomic E-state index is 9.48. The van der Waals surface area contributed by atoms with E-state index in [0.29, 0.717) is 0 Å². The third kappa shape index (κ3) is 5.34. The van der Waals surface area contributed by atoms with E-state index in [2.05, 4.69) is 26.5 Å². The number of thiol groups is 1. The van der Waals surface area contributed by atoms with E-state index in [9.17, 15) is 5.11 Å². The molecule has 13 heavy (non-hydrogen) atoms. The number of rotatable bonds is 1. The van der Waals surface area contributed by atoms with Crippen LogP contribution < -0.4 is 0 Å². The first-order valence-electron chi connectivity index (χ1n) is 4.42. The summed E-state index contributed by atoms with van der Waals surface area (Å²) in [6.45, 7) is 7.78. The maximum Gasteiger partial charge on any atom is 0.0848 e. The van der Waals surface area contributed by atoms with Gasteiger partial charge in [0.2, 0.25) is 0 Å². The van der Waals surface area contributed by atoms with Crippen LogP contribution in [0.25, 0.3) is 0 Å². The van der Waals surface area contributed by atoms with Crippen LogP contribution in [0.15, 0.2) is 15.7 Å². The second-order valence-corrected chi connectivity index (χ2v) is 5.14. The molecule has 0 saturated heterocycles. The summed E-state index contributed by atoms with van der Waals surface area (Å²) < 4.78 is 0.942. The Balaban J connectivity index is 0.000000424. The van der Waals surface area contributed by atoms with Crippen LogP contribution in [0.4, 0.5) is 0 Å². The fourth-order valence-corrected chi connectivity index (χ4v) is 1.74. The Bertz CT molecular complexity index is 235. The van der Waals surface area contributed by atoms with Gasteiger partial charge in [0.1, 0.15) is 0 Å². The van der Waals surface area contributed by atoms with Gasteiger partial charge in [-0.05, 0) is 30.9 Å². The van der Waals surface area contributed by atoms with Crippen LogP contribution in [0.1, 0.15) is 39.7 Å². The molecular formula is C10H18OS2. The third-order valence-corrected chi connectivity index (χ3v) is 2.47. The Labute approximate surface area is 90.2 Å². The summed E-state index contributed by atoms with van der Waals surface area (Å²) in [5.41, 5.74) is 0.208. The van der Waals surface area contributed by atoms with E-state index in [1.54, 1.807) is 13.8 Å². The number of thiophene rings is 1. The van der Waals surface area contributed by atoms with E-state index in [1.165, 1.54) is 17.8 Å². The third-order valence-electron chi connectivity index (χ3n) is 1.29. The average Bonchev–Trinajstić information content (AvgIpc) is 2.35. The second-order valence-electron chi connectivity index (χ2n) is 3.44. The number of aliphatic hydroxyl groups is 1. The number of hydrogen-bond donors (Lipinski definition) is 2. The van der Waals surface area contributed by atoms with Crippen molar-refractivity contribution in [1.29, 1.82) is 0 Å².